The molecule has 2 rings (SSSR count). The van der Waals surface area contributed by atoms with Crippen LogP contribution in [0.5, 0.6) is 0 Å². The van der Waals surface area contributed by atoms with Crippen LogP contribution >= 0.6 is 0 Å². The second-order valence-electron chi connectivity index (χ2n) is 6.07. The Morgan fingerprint density at radius 1 is 1.38 bits per heavy atom. The molecule has 0 aromatic heterocycles. The molecule has 1 aliphatic rings. The first kappa shape index (κ1) is 16.3. The van der Waals surface area contributed by atoms with Gasteiger partial charge in [-0.15, -0.1) is 0 Å². The van der Waals surface area contributed by atoms with Gasteiger partial charge in [0.1, 0.15) is 0 Å². The molecule has 0 heterocycles. The van der Waals surface area contributed by atoms with E-state index in [4.69, 9.17) is 10.5 Å². The molecule has 1 saturated carbocycles. The Hall–Kier alpha value is -1.07. The van der Waals surface area contributed by atoms with Crippen molar-refractivity contribution >= 4 is 0 Å². The lowest BCUT2D eigenvalue weighted by Crippen LogP contribution is -2.46. The van der Waals surface area contributed by atoms with Gasteiger partial charge in [-0.2, -0.15) is 13.2 Å². The zero-order valence-electron chi connectivity index (χ0n) is 12.4. The number of hydrogen-bond donors (Lipinski definition) is 1. The van der Waals surface area contributed by atoms with Crippen LogP contribution in [0.4, 0.5) is 13.2 Å². The SMILES string of the molecule is COC1(C(N)c2cccc(C(F)(F)F)c2)CCCC(C)C1. The molecule has 2 nitrogen and oxygen atoms in total. The number of benzene rings is 1. The van der Waals surface area contributed by atoms with Crippen molar-refractivity contribution in [3.8, 4) is 0 Å². The Morgan fingerprint density at radius 2 is 2.10 bits per heavy atom. The first-order chi connectivity index (χ1) is 9.78. The van der Waals surface area contributed by atoms with Crippen molar-refractivity contribution in [2.24, 2.45) is 11.7 Å². The Balaban J connectivity index is 2.31. The second kappa shape index (κ2) is 5.97. The van der Waals surface area contributed by atoms with Crippen LogP contribution in [0.15, 0.2) is 24.3 Å². The van der Waals surface area contributed by atoms with Crippen LogP contribution in [0.25, 0.3) is 0 Å². The molecule has 0 amide bonds. The summed E-state index contributed by atoms with van der Waals surface area (Å²) in [5.74, 6) is 0.468. The predicted octanol–water partition coefficient (Wildman–Crippen LogP) is 4.30. The number of alkyl halides is 3. The Morgan fingerprint density at radius 3 is 2.67 bits per heavy atom. The van der Waals surface area contributed by atoms with Gasteiger partial charge in [0.15, 0.2) is 0 Å². The van der Waals surface area contributed by atoms with E-state index in [0.717, 1.165) is 37.8 Å². The molecule has 21 heavy (non-hydrogen) atoms. The number of ether oxygens (including phenoxy) is 1. The smallest absolute Gasteiger partial charge is 0.376 e. The van der Waals surface area contributed by atoms with Crippen molar-refractivity contribution in [3.05, 3.63) is 35.4 Å². The maximum Gasteiger partial charge on any atom is 0.416 e. The highest BCUT2D eigenvalue weighted by atomic mass is 19.4. The van der Waals surface area contributed by atoms with Gasteiger partial charge in [0.2, 0.25) is 0 Å². The Bertz CT molecular complexity index is 489. The van der Waals surface area contributed by atoms with Crippen LogP contribution in [0.1, 0.15) is 49.8 Å². The van der Waals surface area contributed by atoms with Crippen LogP contribution < -0.4 is 5.73 Å². The van der Waals surface area contributed by atoms with Crippen molar-refractivity contribution in [2.75, 3.05) is 7.11 Å². The molecule has 5 heteroatoms. The fraction of sp³-hybridized carbons (Fsp3) is 0.625. The van der Waals surface area contributed by atoms with Gasteiger partial charge in [0.05, 0.1) is 17.2 Å². The third-order valence-electron chi connectivity index (χ3n) is 4.54. The molecular weight excluding hydrogens is 279 g/mol. The van der Waals surface area contributed by atoms with Crippen molar-refractivity contribution in [3.63, 3.8) is 0 Å². The zero-order chi connectivity index (χ0) is 15.7. The van der Waals surface area contributed by atoms with Crippen LogP contribution in [-0.2, 0) is 10.9 Å². The normalized spacial score (nSPS) is 28.4. The number of halogens is 3. The van der Waals surface area contributed by atoms with Crippen LogP contribution in [0.2, 0.25) is 0 Å². The Kier molecular flexibility index (Phi) is 4.63. The van der Waals surface area contributed by atoms with Gasteiger partial charge in [0.25, 0.3) is 0 Å². The van der Waals surface area contributed by atoms with Gasteiger partial charge in [0, 0.05) is 7.11 Å². The summed E-state index contributed by atoms with van der Waals surface area (Å²) in [6, 6.07) is 4.73. The first-order valence-electron chi connectivity index (χ1n) is 7.26. The first-order valence-corrected chi connectivity index (χ1v) is 7.26. The minimum atomic E-state index is -4.35. The van der Waals surface area contributed by atoms with Crippen molar-refractivity contribution in [2.45, 2.75) is 50.4 Å². The summed E-state index contributed by atoms with van der Waals surface area (Å²) in [4.78, 5) is 0. The molecule has 3 unspecified atom stereocenters. The lowest BCUT2D eigenvalue weighted by molar-refractivity contribution is -0.137. The van der Waals surface area contributed by atoms with Crippen LogP contribution in [-0.4, -0.2) is 12.7 Å². The molecule has 0 spiro atoms. The van der Waals surface area contributed by atoms with E-state index in [9.17, 15) is 13.2 Å². The minimum Gasteiger partial charge on any atom is -0.376 e. The largest absolute Gasteiger partial charge is 0.416 e. The van der Waals surface area contributed by atoms with Gasteiger partial charge in [-0.05, 0) is 36.5 Å². The molecule has 0 saturated heterocycles. The third kappa shape index (κ3) is 3.40. The van der Waals surface area contributed by atoms with Crippen LogP contribution in [0, 0.1) is 5.92 Å². The number of methoxy groups -OCH3 is 1. The summed E-state index contributed by atoms with van der Waals surface area (Å²) in [7, 11) is 1.60. The van der Waals surface area contributed by atoms with E-state index in [0.29, 0.717) is 11.5 Å². The molecule has 3 atom stereocenters. The number of rotatable bonds is 3. The van der Waals surface area contributed by atoms with Gasteiger partial charge in [-0.1, -0.05) is 31.9 Å². The molecule has 2 N–H and O–H groups in total. The highest BCUT2D eigenvalue weighted by molar-refractivity contribution is 5.30. The van der Waals surface area contributed by atoms with Crippen molar-refractivity contribution < 1.29 is 17.9 Å². The molecule has 0 aliphatic heterocycles. The van der Waals surface area contributed by atoms with E-state index < -0.39 is 23.4 Å². The summed E-state index contributed by atoms with van der Waals surface area (Å²) in [5.41, 5.74) is 5.56. The number of nitrogens with two attached hydrogens (primary N) is 1. The average molecular weight is 301 g/mol. The Labute approximate surface area is 123 Å². The molecule has 1 aromatic rings. The summed E-state index contributed by atoms with van der Waals surface area (Å²) in [6.45, 7) is 2.13. The highest BCUT2D eigenvalue weighted by Gasteiger charge is 2.41. The van der Waals surface area contributed by atoms with Crippen LogP contribution in [0.3, 0.4) is 0 Å². The number of hydrogen-bond acceptors (Lipinski definition) is 2. The van der Waals surface area contributed by atoms with Gasteiger partial charge in [-0.25, -0.2) is 0 Å². The lowest BCUT2D eigenvalue weighted by atomic mass is 9.73. The minimum absolute atomic E-state index is 0.468. The molecule has 0 radical (unpaired) electrons. The highest BCUT2D eigenvalue weighted by Crippen LogP contribution is 2.42. The third-order valence-corrected chi connectivity index (χ3v) is 4.54. The maximum atomic E-state index is 12.8. The zero-order valence-corrected chi connectivity index (χ0v) is 12.4. The molecule has 0 bridgehead atoms. The van der Waals surface area contributed by atoms with Crippen molar-refractivity contribution in [1.29, 1.82) is 0 Å². The van der Waals surface area contributed by atoms with Crippen molar-refractivity contribution in [1.82, 2.24) is 0 Å². The molecule has 1 aliphatic carbocycles. The standard InChI is InChI=1S/C16H22F3NO/c1-11-5-4-8-15(10-11,21-2)14(20)12-6-3-7-13(9-12)16(17,18)19/h3,6-7,9,11,14H,4-5,8,10,20H2,1-2H3. The second-order valence-corrected chi connectivity index (χ2v) is 6.07. The van der Waals surface area contributed by atoms with Gasteiger partial charge in [-0.3, -0.25) is 0 Å². The maximum absolute atomic E-state index is 12.8. The van der Waals surface area contributed by atoms with E-state index in [2.05, 4.69) is 6.92 Å². The fourth-order valence-corrected chi connectivity index (χ4v) is 3.35. The van der Waals surface area contributed by atoms with Gasteiger partial charge >= 0.3 is 6.18 Å². The summed E-state index contributed by atoms with van der Waals surface area (Å²) in [6.07, 6.45) is -0.690. The summed E-state index contributed by atoms with van der Waals surface area (Å²) >= 11 is 0. The van der Waals surface area contributed by atoms with E-state index in [-0.39, 0.29) is 0 Å². The lowest BCUT2D eigenvalue weighted by Gasteiger charge is -2.43. The monoisotopic (exact) mass is 301 g/mol. The summed E-state index contributed by atoms with van der Waals surface area (Å²) < 4.78 is 44.2. The van der Waals surface area contributed by atoms with E-state index >= 15 is 0 Å². The molecule has 118 valence electrons. The molecule has 1 aromatic carbocycles. The van der Waals surface area contributed by atoms with E-state index in [1.807, 2.05) is 0 Å². The van der Waals surface area contributed by atoms with Gasteiger partial charge < -0.3 is 10.5 Å². The molecule has 1 fully saturated rings. The average Bonchev–Trinajstić information content (AvgIpc) is 2.45. The topological polar surface area (TPSA) is 35.2 Å². The van der Waals surface area contributed by atoms with E-state index in [1.165, 1.54) is 6.07 Å². The fourth-order valence-electron chi connectivity index (χ4n) is 3.35. The quantitative estimate of drug-likeness (QED) is 0.903. The predicted molar refractivity (Wildman–Crippen MR) is 75.7 cm³/mol. The summed E-state index contributed by atoms with van der Waals surface area (Å²) in [5, 5.41) is 0. The van der Waals surface area contributed by atoms with E-state index in [1.54, 1.807) is 13.2 Å². The molecular formula is C16H22F3NO.